The van der Waals surface area contributed by atoms with Gasteiger partial charge in [0.2, 0.25) is 21.8 Å². The first-order chi connectivity index (χ1) is 13.9. The standard InChI is InChI=1S/C20H24N4O4S/c1-15(19(25)23-17-9-11-21-12-10-17)22-20(26)16-6-5-13-24(14-16)29(27,28)18-7-3-2-4-8-18/h2-4,7-12,15-16H,5-6,13-14H2,1H3,(H,22,26)(H,21,23,25)/t15-,16-/m0/s1. The average Bonchev–Trinajstić information content (AvgIpc) is 2.75. The second-order valence-electron chi connectivity index (χ2n) is 6.97. The largest absolute Gasteiger partial charge is 0.344 e. The monoisotopic (exact) mass is 416 g/mol. The number of benzene rings is 1. The Labute approximate surface area is 170 Å². The summed E-state index contributed by atoms with van der Waals surface area (Å²) >= 11 is 0. The van der Waals surface area contributed by atoms with Gasteiger partial charge < -0.3 is 10.6 Å². The molecule has 2 N–H and O–H groups in total. The molecule has 1 aliphatic rings. The van der Waals surface area contributed by atoms with Crippen LogP contribution in [0.5, 0.6) is 0 Å². The molecule has 2 atom stereocenters. The average molecular weight is 417 g/mol. The summed E-state index contributed by atoms with van der Waals surface area (Å²) in [7, 11) is -3.65. The van der Waals surface area contributed by atoms with E-state index in [0.717, 1.165) is 0 Å². The molecule has 0 bridgehead atoms. The number of hydrogen-bond acceptors (Lipinski definition) is 5. The van der Waals surface area contributed by atoms with Gasteiger partial charge in [0, 0.05) is 31.2 Å². The molecular formula is C20H24N4O4S. The number of carbonyl (C=O) groups excluding carboxylic acids is 2. The number of rotatable bonds is 6. The Balaban J connectivity index is 1.60. The molecule has 29 heavy (non-hydrogen) atoms. The fourth-order valence-electron chi connectivity index (χ4n) is 3.20. The van der Waals surface area contributed by atoms with Crippen LogP contribution in [-0.2, 0) is 19.6 Å². The zero-order valence-electron chi connectivity index (χ0n) is 16.1. The Hall–Kier alpha value is -2.78. The van der Waals surface area contributed by atoms with Gasteiger partial charge in [0.25, 0.3) is 0 Å². The quantitative estimate of drug-likeness (QED) is 0.744. The van der Waals surface area contributed by atoms with E-state index in [9.17, 15) is 18.0 Å². The summed E-state index contributed by atoms with van der Waals surface area (Å²) in [5.74, 6) is -1.18. The van der Waals surface area contributed by atoms with Crippen molar-refractivity contribution < 1.29 is 18.0 Å². The molecule has 0 radical (unpaired) electrons. The molecule has 154 valence electrons. The SMILES string of the molecule is C[C@H](NC(=O)[C@H]1CCCN(S(=O)(=O)c2ccccc2)C1)C(=O)Nc1ccncc1. The smallest absolute Gasteiger partial charge is 0.246 e. The summed E-state index contributed by atoms with van der Waals surface area (Å²) < 4.78 is 27.0. The van der Waals surface area contributed by atoms with Crippen LogP contribution in [-0.4, -0.2) is 48.7 Å². The van der Waals surface area contributed by atoms with Crippen molar-refractivity contribution in [2.75, 3.05) is 18.4 Å². The summed E-state index contributed by atoms with van der Waals surface area (Å²) in [6, 6.07) is 10.7. The lowest BCUT2D eigenvalue weighted by molar-refractivity contribution is -0.129. The highest BCUT2D eigenvalue weighted by atomic mass is 32.2. The van der Waals surface area contributed by atoms with Crippen LogP contribution in [0.25, 0.3) is 0 Å². The number of pyridine rings is 1. The van der Waals surface area contributed by atoms with Crippen molar-refractivity contribution in [3.05, 3.63) is 54.9 Å². The molecule has 1 aromatic heterocycles. The molecule has 8 nitrogen and oxygen atoms in total. The minimum atomic E-state index is -3.65. The molecule has 2 heterocycles. The van der Waals surface area contributed by atoms with E-state index < -0.39 is 22.0 Å². The van der Waals surface area contributed by atoms with Gasteiger partial charge in [-0.3, -0.25) is 14.6 Å². The van der Waals surface area contributed by atoms with Crippen LogP contribution in [0.2, 0.25) is 0 Å². The number of aromatic nitrogens is 1. The predicted molar refractivity (Wildman–Crippen MR) is 108 cm³/mol. The fraction of sp³-hybridized carbons (Fsp3) is 0.350. The molecule has 0 saturated carbocycles. The Bertz CT molecular complexity index is 951. The molecule has 2 amide bonds. The number of carbonyl (C=O) groups is 2. The van der Waals surface area contributed by atoms with E-state index in [0.29, 0.717) is 25.1 Å². The second kappa shape index (κ2) is 9.15. The van der Waals surface area contributed by atoms with Crippen LogP contribution >= 0.6 is 0 Å². The first-order valence-electron chi connectivity index (χ1n) is 9.44. The molecule has 1 aromatic carbocycles. The maximum atomic E-state index is 12.8. The highest BCUT2D eigenvalue weighted by Crippen LogP contribution is 2.24. The second-order valence-corrected chi connectivity index (χ2v) is 8.91. The topological polar surface area (TPSA) is 108 Å². The van der Waals surface area contributed by atoms with E-state index in [1.807, 2.05) is 0 Å². The van der Waals surface area contributed by atoms with Crippen molar-refractivity contribution in [3.63, 3.8) is 0 Å². The third-order valence-corrected chi connectivity index (χ3v) is 6.72. The number of nitrogens with zero attached hydrogens (tertiary/aromatic N) is 2. The van der Waals surface area contributed by atoms with Gasteiger partial charge in [0.05, 0.1) is 10.8 Å². The third-order valence-electron chi connectivity index (χ3n) is 4.84. The van der Waals surface area contributed by atoms with Crippen molar-refractivity contribution in [1.82, 2.24) is 14.6 Å². The molecule has 3 rings (SSSR count). The molecule has 1 fully saturated rings. The van der Waals surface area contributed by atoms with Gasteiger partial charge in [-0.1, -0.05) is 18.2 Å². The number of piperidine rings is 1. The molecule has 1 aliphatic heterocycles. The maximum absolute atomic E-state index is 12.8. The summed E-state index contributed by atoms with van der Waals surface area (Å²) in [4.78, 5) is 29.0. The number of anilines is 1. The summed E-state index contributed by atoms with van der Waals surface area (Å²) in [6.07, 6.45) is 4.28. The lowest BCUT2D eigenvalue weighted by Crippen LogP contribution is -2.49. The van der Waals surface area contributed by atoms with Gasteiger partial charge in [0.1, 0.15) is 6.04 Å². The van der Waals surface area contributed by atoms with Crippen molar-refractivity contribution in [1.29, 1.82) is 0 Å². The van der Waals surface area contributed by atoms with E-state index in [1.54, 1.807) is 61.8 Å². The van der Waals surface area contributed by atoms with Crippen LogP contribution in [0.4, 0.5) is 5.69 Å². The van der Waals surface area contributed by atoms with Gasteiger partial charge >= 0.3 is 0 Å². The molecule has 9 heteroatoms. The molecule has 0 spiro atoms. The van der Waals surface area contributed by atoms with Crippen molar-refractivity contribution in [3.8, 4) is 0 Å². The van der Waals surface area contributed by atoms with Crippen LogP contribution in [0, 0.1) is 5.92 Å². The van der Waals surface area contributed by atoms with Crippen molar-refractivity contribution in [2.45, 2.75) is 30.7 Å². The van der Waals surface area contributed by atoms with Crippen LogP contribution in [0.3, 0.4) is 0 Å². The van der Waals surface area contributed by atoms with Gasteiger partial charge in [-0.05, 0) is 44.0 Å². The zero-order valence-corrected chi connectivity index (χ0v) is 16.9. The Morgan fingerprint density at radius 2 is 1.83 bits per heavy atom. The minimum absolute atomic E-state index is 0.0990. The van der Waals surface area contributed by atoms with E-state index in [-0.39, 0.29) is 23.3 Å². The molecule has 0 unspecified atom stereocenters. The lowest BCUT2D eigenvalue weighted by Gasteiger charge is -2.31. The minimum Gasteiger partial charge on any atom is -0.344 e. The van der Waals surface area contributed by atoms with Crippen molar-refractivity contribution >= 4 is 27.5 Å². The van der Waals surface area contributed by atoms with Gasteiger partial charge in [0.15, 0.2) is 0 Å². The van der Waals surface area contributed by atoms with Gasteiger partial charge in [-0.15, -0.1) is 0 Å². The van der Waals surface area contributed by atoms with Crippen LogP contribution in [0.1, 0.15) is 19.8 Å². The number of hydrogen-bond donors (Lipinski definition) is 2. The predicted octanol–water partition coefficient (Wildman–Crippen LogP) is 1.63. The van der Waals surface area contributed by atoms with Crippen LogP contribution in [0.15, 0.2) is 59.8 Å². The Morgan fingerprint density at radius 1 is 1.14 bits per heavy atom. The highest BCUT2D eigenvalue weighted by Gasteiger charge is 2.34. The highest BCUT2D eigenvalue weighted by molar-refractivity contribution is 7.89. The molecule has 1 saturated heterocycles. The van der Waals surface area contributed by atoms with E-state index in [1.165, 1.54) is 4.31 Å². The molecule has 2 aromatic rings. The Kier molecular flexibility index (Phi) is 6.60. The summed E-state index contributed by atoms with van der Waals surface area (Å²) in [5.41, 5.74) is 0.587. The van der Waals surface area contributed by atoms with Gasteiger partial charge in [-0.25, -0.2) is 8.42 Å². The molecule has 0 aliphatic carbocycles. The zero-order chi connectivity index (χ0) is 20.9. The van der Waals surface area contributed by atoms with E-state index in [4.69, 9.17) is 0 Å². The Morgan fingerprint density at radius 3 is 2.52 bits per heavy atom. The van der Waals surface area contributed by atoms with E-state index >= 15 is 0 Å². The summed E-state index contributed by atoms with van der Waals surface area (Å²) in [5, 5.41) is 5.40. The maximum Gasteiger partial charge on any atom is 0.246 e. The normalized spacial score (nSPS) is 18.6. The number of sulfonamides is 1. The first kappa shape index (κ1) is 20.9. The lowest BCUT2D eigenvalue weighted by atomic mass is 9.98. The van der Waals surface area contributed by atoms with Gasteiger partial charge in [-0.2, -0.15) is 4.31 Å². The summed E-state index contributed by atoms with van der Waals surface area (Å²) in [6.45, 7) is 2.07. The van der Waals surface area contributed by atoms with Crippen molar-refractivity contribution in [2.24, 2.45) is 5.92 Å². The number of nitrogens with one attached hydrogen (secondary N) is 2. The fourth-order valence-corrected chi connectivity index (χ4v) is 4.74. The third kappa shape index (κ3) is 5.18. The molecular weight excluding hydrogens is 392 g/mol. The number of amides is 2. The van der Waals surface area contributed by atoms with E-state index in [2.05, 4.69) is 15.6 Å². The van der Waals surface area contributed by atoms with Crippen LogP contribution < -0.4 is 10.6 Å². The first-order valence-corrected chi connectivity index (χ1v) is 10.9.